The van der Waals surface area contributed by atoms with Crippen molar-refractivity contribution in [2.24, 2.45) is 0 Å². The minimum atomic E-state index is -4.62. The van der Waals surface area contributed by atoms with E-state index in [1.165, 1.54) is 12.2 Å². The van der Waals surface area contributed by atoms with Crippen LogP contribution in [-0.4, -0.2) is 65.1 Å². The maximum absolute atomic E-state index is 11.2. The highest BCUT2D eigenvalue weighted by Gasteiger charge is 2.28. The molecule has 0 rings (SSSR count). The van der Waals surface area contributed by atoms with Crippen molar-refractivity contribution >= 4 is 0 Å². The van der Waals surface area contributed by atoms with E-state index in [1.807, 2.05) is 0 Å². The molecule has 0 aromatic heterocycles. The third-order valence-corrected chi connectivity index (χ3v) is 1.61. The summed E-state index contributed by atoms with van der Waals surface area (Å²) in [6, 6.07) is 0. The van der Waals surface area contributed by atoms with E-state index < -0.39 is 77.9 Å². The van der Waals surface area contributed by atoms with E-state index in [0.717, 1.165) is 0 Å². The Labute approximate surface area is 214 Å². The van der Waals surface area contributed by atoms with Gasteiger partial charge in [-0.2, -0.15) is 67.5 Å². The van der Waals surface area contributed by atoms with E-state index in [4.69, 9.17) is 0 Å². The molecule has 0 saturated carbocycles. The van der Waals surface area contributed by atoms with Gasteiger partial charge in [0.05, 0.1) is 13.0 Å². The quantitative estimate of drug-likeness (QED) is 0.202. The SMILES string of the molecule is C=CCCC(F)(F)F.C=CCF.FCC(F)(F)F.FCF.FCOF.FOCC(F)(F)F.FOCCC(F)(F)F. The second-order valence-electron chi connectivity index (χ2n) is 5.00. The summed E-state index contributed by atoms with van der Waals surface area (Å²) in [6.45, 7) is -2.21. The van der Waals surface area contributed by atoms with Gasteiger partial charge >= 0.3 is 24.7 Å². The molecule has 0 aliphatic carbocycles. The van der Waals surface area contributed by atoms with E-state index >= 15 is 0 Å². The average molecular weight is 656 g/mol. The van der Waals surface area contributed by atoms with Crippen LogP contribution < -0.4 is 0 Å². The first-order valence-corrected chi connectivity index (χ1v) is 8.98. The fourth-order valence-electron chi connectivity index (χ4n) is 0.482. The van der Waals surface area contributed by atoms with Crippen molar-refractivity contribution in [3.05, 3.63) is 25.3 Å². The third kappa shape index (κ3) is 153. The Kier molecular flexibility index (Phi) is 50.0. The summed E-state index contributed by atoms with van der Waals surface area (Å²) in [5, 5.41) is 0. The van der Waals surface area contributed by atoms with E-state index in [-0.39, 0.29) is 6.42 Å². The maximum Gasteiger partial charge on any atom is 0.416 e. The summed E-state index contributed by atoms with van der Waals surface area (Å²) in [5.74, 6) is 0. The molecule has 250 valence electrons. The van der Waals surface area contributed by atoms with Gasteiger partial charge in [0.1, 0.15) is 6.67 Å². The molecule has 0 atom stereocenters. The molecule has 0 saturated heterocycles. The summed E-state index contributed by atoms with van der Waals surface area (Å²) in [5.41, 5.74) is 0. The fourth-order valence-corrected chi connectivity index (χ4v) is 0.482. The van der Waals surface area contributed by atoms with Crippen LogP contribution in [0.2, 0.25) is 0 Å². The Morgan fingerprint density at radius 2 is 0.850 bits per heavy atom. The lowest BCUT2D eigenvalue weighted by Gasteiger charge is -2.00. The molecule has 0 aliphatic rings. The van der Waals surface area contributed by atoms with Crippen molar-refractivity contribution < 1.29 is 103 Å². The van der Waals surface area contributed by atoms with Gasteiger partial charge in [0.25, 0.3) is 0 Å². The van der Waals surface area contributed by atoms with Gasteiger partial charge in [-0.1, -0.05) is 12.2 Å². The highest BCUT2D eigenvalue weighted by atomic mass is 19.4. The van der Waals surface area contributed by atoms with E-state index in [2.05, 4.69) is 28.0 Å². The average Bonchev–Trinajstić information content (AvgIpc) is 2.81. The van der Waals surface area contributed by atoms with Gasteiger partial charge in [0.2, 0.25) is 13.8 Å². The summed E-state index contributed by atoms with van der Waals surface area (Å²) in [6.07, 6.45) is -17.0. The molecular weight excluding hydrogens is 632 g/mol. The Morgan fingerprint density at radius 3 is 0.900 bits per heavy atom. The van der Waals surface area contributed by atoms with Crippen LogP contribution in [0.1, 0.15) is 19.3 Å². The predicted molar refractivity (Wildman–Crippen MR) is 99.8 cm³/mol. The standard InChI is InChI=1S/C5H7F3.C3H4F4O.C3H5F.C2H2F4O.C2H2F4.CH2F2O.CH2F2/c1-2-3-4-5(6,7)8;4-3(5,6)1-2-8-7;1-2-3-4;3-2(4,5)1-7-6;3-1-2(4,5)6;2-1-4-3;2-1-3/h2H,1,3-4H2;1-2H2;2H,1,3H2;1H2;1H2;1H2;1H2. The van der Waals surface area contributed by atoms with Crippen molar-refractivity contribution in [2.75, 3.05) is 40.4 Å². The molecular formula is C17H24F20O3. The van der Waals surface area contributed by atoms with E-state index in [9.17, 15) is 88.2 Å². The normalized spacial score (nSPS) is 10.4. The monoisotopic (exact) mass is 656 g/mol. The van der Waals surface area contributed by atoms with Crippen LogP contribution in [0.15, 0.2) is 25.3 Å². The Bertz CT molecular complexity index is 461. The van der Waals surface area contributed by atoms with Crippen molar-refractivity contribution in [1.82, 2.24) is 0 Å². The van der Waals surface area contributed by atoms with Gasteiger partial charge in [-0.25, -0.2) is 22.0 Å². The molecule has 0 bridgehead atoms. The lowest BCUT2D eigenvalue weighted by molar-refractivity contribution is -0.245. The number of rotatable bonds is 7. The Hall–Kier alpha value is -2.04. The van der Waals surface area contributed by atoms with Crippen LogP contribution in [0.5, 0.6) is 0 Å². The zero-order valence-electron chi connectivity index (χ0n) is 19.7. The first-order valence-electron chi connectivity index (χ1n) is 8.98. The van der Waals surface area contributed by atoms with Crippen LogP contribution in [0, 0.1) is 0 Å². The molecule has 3 nitrogen and oxygen atoms in total. The van der Waals surface area contributed by atoms with E-state index in [1.54, 1.807) is 0 Å². The summed E-state index contributed by atoms with van der Waals surface area (Å²) < 4.78 is 211. The Morgan fingerprint density at radius 1 is 0.525 bits per heavy atom. The zero-order chi connectivity index (χ0) is 33.9. The summed E-state index contributed by atoms with van der Waals surface area (Å²) >= 11 is 0. The molecule has 0 aromatic carbocycles. The molecule has 0 radical (unpaired) electrons. The number of allylic oxidation sites excluding steroid dienone is 2. The summed E-state index contributed by atoms with van der Waals surface area (Å²) in [4.78, 5) is 7.35. The second kappa shape index (κ2) is 37.0. The van der Waals surface area contributed by atoms with Crippen LogP contribution in [0.3, 0.4) is 0 Å². The molecule has 0 aromatic rings. The van der Waals surface area contributed by atoms with Crippen LogP contribution >= 0.6 is 0 Å². The molecule has 0 N–H and O–H groups in total. The van der Waals surface area contributed by atoms with Gasteiger partial charge in [0, 0.05) is 6.42 Å². The molecule has 0 aliphatic heterocycles. The minimum absolute atomic E-state index is 0.0174. The lowest BCUT2D eigenvalue weighted by Crippen LogP contribution is -2.13. The lowest BCUT2D eigenvalue weighted by atomic mass is 10.3. The first kappa shape index (κ1) is 54.1. The zero-order valence-corrected chi connectivity index (χ0v) is 19.7. The van der Waals surface area contributed by atoms with Gasteiger partial charge in [-0.05, 0) is 20.0 Å². The molecule has 40 heavy (non-hydrogen) atoms. The first-order chi connectivity index (χ1) is 18.0. The largest absolute Gasteiger partial charge is 0.416 e. The molecule has 0 fully saturated rings. The topological polar surface area (TPSA) is 27.7 Å². The molecule has 0 unspecified atom stereocenters. The van der Waals surface area contributed by atoms with Crippen molar-refractivity contribution in [3.8, 4) is 0 Å². The highest BCUT2D eigenvalue weighted by Crippen LogP contribution is 2.21. The van der Waals surface area contributed by atoms with Gasteiger partial charge < -0.3 is 0 Å². The van der Waals surface area contributed by atoms with Crippen LogP contribution in [-0.2, 0) is 14.8 Å². The van der Waals surface area contributed by atoms with E-state index in [0.29, 0.717) is 0 Å². The number of halogens is 20. The molecule has 0 spiro atoms. The van der Waals surface area contributed by atoms with Gasteiger partial charge in [-0.3, -0.25) is 0 Å². The van der Waals surface area contributed by atoms with Crippen molar-refractivity contribution in [3.63, 3.8) is 0 Å². The number of hydrogen-bond acceptors (Lipinski definition) is 3. The van der Waals surface area contributed by atoms with Crippen LogP contribution in [0.4, 0.5) is 88.2 Å². The third-order valence-electron chi connectivity index (χ3n) is 1.61. The highest BCUT2D eigenvalue weighted by molar-refractivity contribution is 4.68. The minimum Gasteiger partial charge on any atom is -0.247 e. The molecule has 23 heteroatoms. The smallest absolute Gasteiger partial charge is 0.247 e. The van der Waals surface area contributed by atoms with Crippen molar-refractivity contribution in [1.29, 1.82) is 0 Å². The maximum atomic E-state index is 11.2. The van der Waals surface area contributed by atoms with Gasteiger partial charge in [0.15, 0.2) is 13.3 Å². The number of hydrogen-bond donors (Lipinski definition) is 0. The van der Waals surface area contributed by atoms with Crippen molar-refractivity contribution in [2.45, 2.75) is 44.0 Å². The molecule has 0 amide bonds. The van der Waals surface area contributed by atoms with Crippen LogP contribution in [0.25, 0.3) is 0 Å². The summed E-state index contributed by atoms with van der Waals surface area (Å²) in [7, 11) is 0. The van der Waals surface area contributed by atoms with Gasteiger partial charge in [-0.15, -0.1) is 13.2 Å². The Balaban J connectivity index is -0.0000000651. The fraction of sp³-hybridized carbons (Fsp3) is 0.765. The predicted octanol–water partition coefficient (Wildman–Crippen LogP) is 10.2. The number of alkyl halides is 17. The second-order valence-corrected chi connectivity index (χ2v) is 5.00. The molecule has 0 heterocycles.